The fourth-order valence-electron chi connectivity index (χ4n) is 1.78. The van der Waals surface area contributed by atoms with Crippen molar-refractivity contribution in [1.82, 2.24) is 0 Å². The van der Waals surface area contributed by atoms with Crippen LogP contribution in [0.1, 0.15) is 6.92 Å². The number of carbonyl (C=O) groups excluding carboxylic acids is 1. The van der Waals surface area contributed by atoms with E-state index in [9.17, 15) is 9.18 Å². The molecule has 1 heterocycles. The van der Waals surface area contributed by atoms with Crippen molar-refractivity contribution in [3.63, 3.8) is 0 Å². The summed E-state index contributed by atoms with van der Waals surface area (Å²) in [5.74, 6) is -0.221. The number of carbonyl (C=O) groups is 1. The molecular formula is C12H14FNO3. The zero-order valence-corrected chi connectivity index (χ0v) is 9.77. The fourth-order valence-corrected chi connectivity index (χ4v) is 1.78. The number of fused-ring (bicyclic) bond motifs is 1. The summed E-state index contributed by atoms with van der Waals surface area (Å²) >= 11 is 0. The number of halogens is 1. The second kappa shape index (κ2) is 4.61. The second-order valence-corrected chi connectivity index (χ2v) is 3.85. The van der Waals surface area contributed by atoms with Crippen molar-refractivity contribution in [2.75, 3.05) is 25.1 Å². The molecule has 1 aromatic carbocycles. The number of hydrogen-bond donors (Lipinski definition) is 0. The van der Waals surface area contributed by atoms with Gasteiger partial charge in [0.1, 0.15) is 11.6 Å². The molecule has 0 spiro atoms. The van der Waals surface area contributed by atoms with Crippen molar-refractivity contribution >= 4 is 11.7 Å². The summed E-state index contributed by atoms with van der Waals surface area (Å²) in [5.41, 5.74) is 0.644. The molecule has 0 saturated heterocycles. The highest BCUT2D eigenvalue weighted by Crippen LogP contribution is 2.33. The van der Waals surface area contributed by atoms with Crippen LogP contribution in [0, 0.1) is 5.82 Å². The number of hydrogen-bond acceptors (Lipinski definition) is 4. The number of esters is 1. The van der Waals surface area contributed by atoms with Gasteiger partial charge in [-0.15, -0.1) is 0 Å². The lowest BCUT2D eigenvalue weighted by Gasteiger charge is -2.32. The van der Waals surface area contributed by atoms with Gasteiger partial charge in [-0.1, -0.05) is 0 Å². The van der Waals surface area contributed by atoms with Gasteiger partial charge >= 0.3 is 5.97 Å². The van der Waals surface area contributed by atoms with Gasteiger partial charge in [0.2, 0.25) is 6.10 Å². The van der Waals surface area contributed by atoms with Crippen LogP contribution >= 0.6 is 0 Å². The number of anilines is 1. The van der Waals surface area contributed by atoms with Crippen molar-refractivity contribution in [2.24, 2.45) is 0 Å². The van der Waals surface area contributed by atoms with E-state index in [1.165, 1.54) is 18.2 Å². The van der Waals surface area contributed by atoms with Crippen molar-refractivity contribution in [3.05, 3.63) is 24.0 Å². The lowest BCUT2D eigenvalue weighted by Crippen LogP contribution is -2.43. The minimum Gasteiger partial charge on any atom is -0.475 e. The Morgan fingerprint density at radius 3 is 3.12 bits per heavy atom. The van der Waals surface area contributed by atoms with Crippen LogP contribution in [-0.4, -0.2) is 32.3 Å². The molecule has 1 aromatic rings. The smallest absolute Gasteiger partial charge is 0.349 e. The number of ether oxygens (including phenoxy) is 2. The third kappa shape index (κ3) is 2.33. The Balaban J connectivity index is 2.21. The molecule has 0 fully saturated rings. The summed E-state index contributed by atoms with van der Waals surface area (Å²) in [5, 5.41) is 0. The summed E-state index contributed by atoms with van der Waals surface area (Å²) in [7, 11) is 1.78. The molecule has 1 aliphatic heterocycles. The number of benzene rings is 1. The zero-order valence-electron chi connectivity index (χ0n) is 9.77. The Bertz CT molecular complexity index is 436. The Hall–Kier alpha value is -1.78. The van der Waals surface area contributed by atoms with Crippen molar-refractivity contribution in [3.8, 4) is 5.75 Å². The molecule has 92 valence electrons. The second-order valence-electron chi connectivity index (χ2n) is 3.85. The first-order valence-electron chi connectivity index (χ1n) is 5.45. The molecule has 0 aliphatic carbocycles. The first-order chi connectivity index (χ1) is 8.11. The van der Waals surface area contributed by atoms with Crippen molar-refractivity contribution in [2.45, 2.75) is 13.0 Å². The van der Waals surface area contributed by atoms with Crippen molar-refractivity contribution in [1.29, 1.82) is 0 Å². The molecule has 0 aromatic heterocycles. The van der Waals surface area contributed by atoms with Crippen LogP contribution in [0.3, 0.4) is 0 Å². The Kier molecular flexibility index (Phi) is 3.17. The van der Waals surface area contributed by atoms with Crippen LogP contribution in [0.25, 0.3) is 0 Å². The van der Waals surface area contributed by atoms with E-state index in [0.29, 0.717) is 24.6 Å². The highest BCUT2D eigenvalue weighted by molar-refractivity contribution is 5.78. The molecule has 0 saturated carbocycles. The summed E-state index contributed by atoms with van der Waals surface area (Å²) in [6, 6.07) is 4.21. The normalized spacial score (nSPS) is 18.3. The van der Waals surface area contributed by atoms with Crippen LogP contribution in [0.5, 0.6) is 5.75 Å². The largest absolute Gasteiger partial charge is 0.475 e. The van der Waals surface area contributed by atoms with E-state index in [1.807, 2.05) is 0 Å². The third-order valence-corrected chi connectivity index (χ3v) is 2.59. The zero-order chi connectivity index (χ0) is 12.4. The standard InChI is InChI=1S/C12H14FNO3/c1-3-16-12(15)11-7-14(2)9-6-8(13)4-5-10(9)17-11/h4-6,11H,3,7H2,1-2H3. The van der Waals surface area contributed by atoms with Crippen molar-refractivity contribution < 1.29 is 18.7 Å². The maximum atomic E-state index is 13.1. The molecule has 0 bridgehead atoms. The van der Waals surface area contributed by atoms with Gasteiger partial charge in [0, 0.05) is 13.1 Å². The summed E-state index contributed by atoms with van der Waals surface area (Å²) in [6.07, 6.45) is -0.655. The topological polar surface area (TPSA) is 38.8 Å². The maximum Gasteiger partial charge on any atom is 0.349 e. The van der Waals surface area contributed by atoms with Gasteiger partial charge < -0.3 is 14.4 Å². The number of likely N-dealkylation sites (N-methyl/N-ethyl adjacent to an activating group) is 1. The quantitative estimate of drug-likeness (QED) is 0.735. The van der Waals surface area contributed by atoms with E-state index < -0.39 is 12.1 Å². The van der Waals surface area contributed by atoms with Gasteiger partial charge in [-0.05, 0) is 19.1 Å². The lowest BCUT2D eigenvalue weighted by molar-refractivity contribution is -0.151. The SMILES string of the molecule is CCOC(=O)C1CN(C)c2cc(F)ccc2O1. The molecule has 4 nitrogen and oxygen atoms in total. The van der Waals surface area contributed by atoms with Crippen LogP contribution in [-0.2, 0) is 9.53 Å². The monoisotopic (exact) mass is 239 g/mol. The minimum atomic E-state index is -0.655. The van der Waals surface area contributed by atoms with Gasteiger partial charge in [-0.3, -0.25) is 0 Å². The number of rotatable bonds is 2. The molecule has 1 unspecified atom stereocenters. The summed E-state index contributed by atoms with van der Waals surface area (Å²) in [4.78, 5) is 13.4. The summed E-state index contributed by atoms with van der Waals surface area (Å²) < 4.78 is 23.5. The van der Waals surface area contributed by atoms with Gasteiger partial charge in [0.05, 0.1) is 18.8 Å². The third-order valence-electron chi connectivity index (χ3n) is 2.59. The van der Waals surface area contributed by atoms with Gasteiger partial charge in [0.25, 0.3) is 0 Å². The van der Waals surface area contributed by atoms with E-state index in [2.05, 4.69) is 0 Å². The Morgan fingerprint density at radius 1 is 1.65 bits per heavy atom. The minimum absolute atomic E-state index is 0.318. The highest BCUT2D eigenvalue weighted by atomic mass is 19.1. The molecule has 0 amide bonds. The predicted molar refractivity (Wildman–Crippen MR) is 60.7 cm³/mol. The van der Waals surface area contributed by atoms with Crippen LogP contribution < -0.4 is 9.64 Å². The molecule has 0 N–H and O–H groups in total. The molecule has 0 radical (unpaired) electrons. The molecule has 17 heavy (non-hydrogen) atoms. The number of nitrogens with zero attached hydrogens (tertiary/aromatic N) is 1. The molecule has 1 atom stereocenters. The van der Waals surface area contributed by atoms with E-state index >= 15 is 0 Å². The Labute approximate surface area is 98.9 Å². The van der Waals surface area contributed by atoms with E-state index in [1.54, 1.807) is 18.9 Å². The fraction of sp³-hybridized carbons (Fsp3) is 0.417. The highest BCUT2D eigenvalue weighted by Gasteiger charge is 2.30. The van der Waals surface area contributed by atoms with Gasteiger partial charge in [-0.2, -0.15) is 0 Å². The maximum absolute atomic E-state index is 13.1. The molecule has 2 rings (SSSR count). The Morgan fingerprint density at radius 2 is 2.41 bits per heavy atom. The van der Waals surface area contributed by atoms with Gasteiger partial charge in [0.15, 0.2) is 0 Å². The molecular weight excluding hydrogens is 225 g/mol. The van der Waals surface area contributed by atoms with Crippen LogP contribution in [0.15, 0.2) is 18.2 Å². The molecule has 1 aliphatic rings. The van der Waals surface area contributed by atoms with Crippen LogP contribution in [0.4, 0.5) is 10.1 Å². The first kappa shape index (κ1) is 11.7. The van der Waals surface area contributed by atoms with Crippen LogP contribution in [0.2, 0.25) is 0 Å². The van der Waals surface area contributed by atoms with E-state index in [4.69, 9.17) is 9.47 Å². The van der Waals surface area contributed by atoms with E-state index in [-0.39, 0.29) is 5.82 Å². The molecule has 5 heteroatoms. The average molecular weight is 239 g/mol. The van der Waals surface area contributed by atoms with Gasteiger partial charge in [-0.25, -0.2) is 9.18 Å². The summed E-state index contributed by atoms with van der Waals surface area (Å²) in [6.45, 7) is 2.42. The predicted octanol–water partition coefficient (Wildman–Crippen LogP) is 1.59. The first-order valence-corrected chi connectivity index (χ1v) is 5.45. The van der Waals surface area contributed by atoms with E-state index in [0.717, 1.165) is 0 Å². The lowest BCUT2D eigenvalue weighted by atomic mass is 10.2. The average Bonchev–Trinajstić information content (AvgIpc) is 2.30.